The van der Waals surface area contributed by atoms with Crippen molar-refractivity contribution in [3.05, 3.63) is 70.6 Å². The highest BCUT2D eigenvalue weighted by Crippen LogP contribution is 2.40. The van der Waals surface area contributed by atoms with E-state index in [0.29, 0.717) is 35.1 Å². The van der Waals surface area contributed by atoms with Crippen molar-refractivity contribution in [1.29, 1.82) is 0 Å². The van der Waals surface area contributed by atoms with Crippen molar-refractivity contribution >= 4 is 33.0 Å². The topological polar surface area (TPSA) is 91.4 Å². The predicted molar refractivity (Wildman–Crippen MR) is 162 cm³/mol. The third-order valence-electron chi connectivity index (χ3n) is 8.01. The summed E-state index contributed by atoms with van der Waals surface area (Å²) in [6.07, 6.45) is 1.13. The van der Waals surface area contributed by atoms with Crippen LogP contribution in [0.25, 0.3) is 0 Å². The van der Waals surface area contributed by atoms with E-state index in [0.717, 1.165) is 55.1 Å². The Balaban J connectivity index is 1.39. The van der Waals surface area contributed by atoms with E-state index in [1.165, 1.54) is 11.3 Å². The number of ether oxygens (including phenoxy) is 2. The Bertz CT molecular complexity index is 1450. The van der Waals surface area contributed by atoms with Crippen LogP contribution in [-0.4, -0.2) is 77.6 Å². The van der Waals surface area contributed by atoms with Gasteiger partial charge >= 0.3 is 0 Å². The van der Waals surface area contributed by atoms with Crippen LogP contribution >= 0.6 is 11.3 Å². The van der Waals surface area contributed by atoms with Crippen LogP contribution in [0.5, 0.6) is 11.5 Å². The molecule has 1 unspecified atom stereocenters. The first-order valence-corrected chi connectivity index (χ1v) is 16.4. The Labute approximate surface area is 246 Å². The average Bonchev–Trinajstić information content (AvgIpc) is 3.66. The van der Waals surface area contributed by atoms with Crippen molar-refractivity contribution in [1.82, 2.24) is 14.5 Å². The normalized spacial score (nSPS) is 16.6. The molecule has 1 N–H and O–H groups in total. The molecule has 1 atom stereocenters. The van der Waals surface area contributed by atoms with Gasteiger partial charge in [-0.15, -0.1) is 11.3 Å². The van der Waals surface area contributed by atoms with Gasteiger partial charge in [0.15, 0.2) is 11.5 Å². The lowest BCUT2D eigenvalue weighted by atomic mass is 9.99. The van der Waals surface area contributed by atoms with Gasteiger partial charge in [-0.3, -0.25) is 4.79 Å². The fourth-order valence-electron chi connectivity index (χ4n) is 5.74. The number of likely N-dealkylation sites (N-methyl/N-ethyl adjacent to an activating group) is 1. The summed E-state index contributed by atoms with van der Waals surface area (Å²) in [6, 6.07) is 14.8. The number of hydrogen-bond donors (Lipinski definition) is 1. The van der Waals surface area contributed by atoms with Gasteiger partial charge in [0.05, 0.1) is 20.3 Å². The minimum Gasteiger partial charge on any atom is -0.493 e. The summed E-state index contributed by atoms with van der Waals surface area (Å²) in [7, 11) is -0.365. The number of rotatable bonds is 12. The minimum atomic E-state index is -3.55. The van der Waals surface area contributed by atoms with Gasteiger partial charge in [-0.05, 0) is 60.7 Å². The monoisotopic (exact) mass is 598 g/mol. The molecule has 1 saturated heterocycles. The molecule has 9 nitrogen and oxygen atoms in total. The molecule has 1 aromatic heterocycles. The van der Waals surface area contributed by atoms with E-state index in [-0.39, 0.29) is 18.5 Å². The fraction of sp³-hybridized carbons (Fsp3) is 0.433. The molecule has 3 heterocycles. The lowest BCUT2D eigenvalue weighted by Gasteiger charge is -2.36. The molecule has 2 aliphatic heterocycles. The Morgan fingerprint density at radius 3 is 2.46 bits per heavy atom. The van der Waals surface area contributed by atoms with Gasteiger partial charge in [0.1, 0.15) is 4.21 Å². The summed E-state index contributed by atoms with van der Waals surface area (Å²) in [6.45, 7) is 7.88. The number of benzene rings is 2. The number of thiophene rings is 1. The molecule has 11 heteroatoms. The number of hydrogen-bond acceptors (Lipinski definition) is 8. The first-order valence-electron chi connectivity index (χ1n) is 14.0. The molecule has 2 aromatic carbocycles. The van der Waals surface area contributed by atoms with Gasteiger partial charge in [0.25, 0.3) is 5.91 Å². The SMILES string of the molecule is CCN1CCN(c2cccc3c2CN(C(CCCNS(=O)(=O)c2cccs2)c2ccc(OC)c(OC)c2)C3=O)CC1. The second-order valence-corrected chi connectivity index (χ2v) is 13.2. The number of fused-ring (bicyclic) bond motifs is 1. The van der Waals surface area contributed by atoms with Gasteiger partial charge < -0.3 is 24.2 Å². The number of nitrogens with zero attached hydrogens (tertiary/aromatic N) is 3. The van der Waals surface area contributed by atoms with E-state index in [1.807, 2.05) is 35.2 Å². The Kier molecular flexibility index (Phi) is 9.18. The summed E-state index contributed by atoms with van der Waals surface area (Å²) < 4.78 is 39.3. The van der Waals surface area contributed by atoms with Crippen LogP contribution in [-0.2, 0) is 16.6 Å². The van der Waals surface area contributed by atoms with Gasteiger partial charge in [0.2, 0.25) is 10.0 Å². The highest BCUT2D eigenvalue weighted by atomic mass is 32.2. The van der Waals surface area contributed by atoms with Gasteiger partial charge in [-0.25, -0.2) is 13.1 Å². The van der Waals surface area contributed by atoms with E-state index in [2.05, 4.69) is 27.5 Å². The highest BCUT2D eigenvalue weighted by Gasteiger charge is 2.36. The molecule has 0 spiro atoms. The summed E-state index contributed by atoms with van der Waals surface area (Å²) in [5.74, 6) is 1.20. The number of nitrogens with one attached hydrogen (secondary N) is 1. The quantitative estimate of drug-likeness (QED) is 0.310. The molecule has 1 amide bonds. The second-order valence-electron chi connectivity index (χ2n) is 10.3. The third-order valence-corrected chi connectivity index (χ3v) is 10.9. The maximum Gasteiger partial charge on any atom is 0.255 e. The molecular formula is C30H38N4O5S2. The second kappa shape index (κ2) is 12.8. The number of amides is 1. The number of carbonyl (C=O) groups is 1. The maximum absolute atomic E-state index is 13.9. The first-order chi connectivity index (χ1) is 19.9. The smallest absolute Gasteiger partial charge is 0.255 e. The molecule has 1 fully saturated rings. The minimum absolute atomic E-state index is 0.00649. The van der Waals surface area contributed by atoms with Gasteiger partial charge in [0, 0.05) is 56.1 Å². The third kappa shape index (κ3) is 6.23. The number of piperazine rings is 1. The van der Waals surface area contributed by atoms with E-state index < -0.39 is 10.0 Å². The Morgan fingerprint density at radius 1 is 1.00 bits per heavy atom. The zero-order valence-electron chi connectivity index (χ0n) is 23.8. The number of anilines is 1. The molecule has 220 valence electrons. The Morgan fingerprint density at radius 2 is 1.78 bits per heavy atom. The van der Waals surface area contributed by atoms with E-state index in [4.69, 9.17) is 9.47 Å². The lowest BCUT2D eigenvalue weighted by Crippen LogP contribution is -2.46. The van der Waals surface area contributed by atoms with E-state index in [1.54, 1.807) is 31.7 Å². The molecule has 0 bridgehead atoms. The van der Waals surface area contributed by atoms with Crippen LogP contribution in [0.2, 0.25) is 0 Å². The van der Waals surface area contributed by atoms with Crippen LogP contribution in [0.3, 0.4) is 0 Å². The summed E-state index contributed by atoms with van der Waals surface area (Å²) in [4.78, 5) is 20.7. The molecular weight excluding hydrogens is 560 g/mol. The van der Waals surface area contributed by atoms with Crippen molar-refractivity contribution in [3.8, 4) is 11.5 Å². The van der Waals surface area contributed by atoms with Gasteiger partial charge in [-0.2, -0.15) is 0 Å². The summed E-state index contributed by atoms with van der Waals surface area (Å²) in [5, 5.41) is 1.75. The highest BCUT2D eigenvalue weighted by molar-refractivity contribution is 7.91. The van der Waals surface area contributed by atoms with Crippen molar-refractivity contribution < 1.29 is 22.7 Å². The summed E-state index contributed by atoms with van der Waals surface area (Å²) >= 11 is 1.19. The molecule has 0 saturated carbocycles. The number of sulfonamides is 1. The van der Waals surface area contributed by atoms with Crippen LogP contribution in [0.1, 0.15) is 47.3 Å². The zero-order valence-corrected chi connectivity index (χ0v) is 25.5. The van der Waals surface area contributed by atoms with E-state index >= 15 is 0 Å². The molecule has 3 aromatic rings. The maximum atomic E-state index is 13.9. The van der Waals surface area contributed by atoms with Crippen molar-refractivity contribution in [3.63, 3.8) is 0 Å². The average molecular weight is 599 g/mol. The van der Waals surface area contributed by atoms with Crippen molar-refractivity contribution in [2.75, 3.05) is 58.4 Å². The molecule has 41 heavy (non-hydrogen) atoms. The zero-order chi connectivity index (χ0) is 29.0. The fourth-order valence-corrected chi connectivity index (χ4v) is 7.85. The van der Waals surface area contributed by atoms with Crippen LogP contribution < -0.4 is 19.1 Å². The standard InChI is InChI=1S/C30H38N4O5S2/c1-4-32-15-17-33(18-16-32)26-9-5-8-23-24(26)21-34(30(23)35)25(22-12-13-27(38-2)28(20-22)39-3)10-6-14-31-41(36,37)29-11-7-19-40-29/h5,7-9,11-13,19-20,25,31H,4,6,10,14-18,21H2,1-3H3. The largest absolute Gasteiger partial charge is 0.493 e. The molecule has 2 aliphatic rings. The number of carbonyl (C=O) groups excluding carboxylic acids is 1. The lowest BCUT2D eigenvalue weighted by molar-refractivity contribution is 0.0689. The summed E-state index contributed by atoms with van der Waals surface area (Å²) in [5.41, 5.74) is 3.85. The Hall–Kier alpha value is -3.12. The molecule has 0 radical (unpaired) electrons. The number of methoxy groups -OCH3 is 2. The van der Waals surface area contributed by atoms with Crippen LogP contribution in [0, 0.1) is 0 Å². The predicted octanol–water partition coefficient (Wildman–Crippen LogP) is 4.36. The van der Waals surface area contributed by atoms with Crippen LogP contribution in [0.4, 0.5) is 5.69 Å². The van der Waals surface area contributed by atoms with Gasteiger partial charge in [-0.1, -0.05) is 25.1 Å². The molecule has 0 aliphatic carbocycles. The van der Waals surface area contributed by atoms with Crippen LogP contribution in [0.15, 0.2) is 58.1 Å². The molecule has 5 rings (SSSR count). The first kappa shape index (κ1) is 29.4. The van der Waals surface area contributed by atoms with E-state index in [9.17, 15) is 13.2 Å². The van der Waals surface area contributed by atoms with Crippen molar-refractivity contribution in [2.24, 2.45) is 0 Å². The van der Waals surface area contributed by atoms with Crippen molar-refractivity contribution in [2.45, 2.75) is 36.6 Å².